The van der Waals surface area contributed by atoms with Crippen LogP contribution in [0.3, 0.4) is 0 Å². The van der Waals surface area contributed by atoms with Crippen LogP contribution in [0, 0.1) is 0 Å². The van der Waals surface area contributed by atoms with Crippen molar-refractivity contribution in [2.75, 3.05) is 39.0 Å². The molecular weight excluding hydrogens is 320 g/mol. The zero-order valence-electron chi connectivity index (χ0n) is 12.4. The largest absolute Gasteiger partial charge is 0.370 e. The van der Waals surface area contributed by atoms with Gasteiger partial charge in [0.1, 0.15) is 5.82 Å². The van der Waals surface area contributed by atoms with Crippen molar-refractivity contribution >= 4 is 27.7 Å². The first-order valence-corrected chi connectivity index (χ1v) is 7.66. The monoisotopic (exact) mass is 342 g/mol. The Morgan fingerprint density at radius 2 is 2.15 bits per heavy atom. The maximum absolute atomic E-state index is 12.2. The fraction of sp³-hybridized carbons (Fsp3) is 0.571. The summed E-state index contributed by atoms with van der Waals surface area (Å²) in [6, 6.07) is 1.79. The lowest BCUT2D eigenvalue weighted by Crippen LogP contribution is -2.26. The smallest absolute Gasteiger partial charge is 0.255 e. The van der Waals surface area contributed by atoms with E-state index in [4.69, 9.17) is 0 Å². The number of halogens is 1. The molecule has 0 unspecified atom stereocenters. The van der Waals surface area contributed by atoms with Crippen LogP contribution in [0.2, 0.25) is 0 Å². The molecule has 0 aromatic carbocycles. The van der Waals surface area contributed by atoms with Gasteiger partial charge >= 0.3 is 0 Å². The van der Waals surface area contributed by atoms with Crippen LogP contribution in [0.1, 0.15) is 30.1 Å². The number of nitrogens with zero attached hydrogens (tertiary/aromatic N) is 2. The second kappa shape index (κ2) is 8.92. The number of pyridine rings is 1. The van der Waals surface area contributed by atoms with E-state index >= 15 is 0 Å². The number of hydrogen-bond donors (Lipinski definition) is 2. The maximum atomic E-state index is 12.2. The van der Waals surface area contributed by atoms with E-state index in [1.807, 2.05) is 6.92 Å². The van der Waals surface area contributed by atoms with Crippen LogP contribution in [-0.2, 0) is 0 Å². The van der Waals surface area contributed by atoms with E-state index in [1.165, 1.54) is 0 Å². The molecular formula is C14H23BrN4O. The van der Waals surface area contributed by atoms with Gasteiger partial charge in [0, 0.05) is 23.8 Å². The lowest BCUT2D eigenvalue weighted by Gasteiger charge is -2.11. The molecule has 6 heteroatoms. The molecule has 0 aliphatic heterocycles. The number of carbonyl (C=O) groups is 1. The highest BCUT2D eigenvalue weighted by molar-refractivity contribution is 9.10. The molecule has 1 aromatic heterocycles. The Morgan fingerprint density at radius 3 is 2.80 bits per heavy atom. The van der Waals surface area contributed by atoms with Crippen LogP contribution >= 0.6 is 15.9 Å². The van der Waals surface area contributed by atoms with Crippen LogP contribution in [0.15, 0.2) is 16.7 Å². The van der Waals surface area contributed by atoms with Crippen LogP contribution in [0.4, 0.5) is 5.82 Å². The van der Waals surface area contributed by atoms with Crippen molar-refractivity contribution in [3.05, 3.63) is 22.3 Å². The summed E-state index contributed by atoms with van der Waals surface area (Å²) in [4.78, 5) is 18.5. The summed E-state index contributed by atoms with van der Waals surface area (Å²) in [5.41, 5.74) is 0.578. The van der Waals surface area contributed by atoms with Gasteiger partial charge in [-0.3, -0.25) is 4.79 Å². The van der Waals surface area contributed by atoms with Gasteiger partial charge in [0.05, 0.1) is 5.56 Å². The molecule has 5 nitrogen and oxygen atoms in total. The molecule has 112 valence electrons. The van der Waals surface area contributed by atoms with Gasteiger partial charge in [0.15, 0.2) is 0 Å². The molecule has 1 aromatic rings. The van der Waals surface area contributed by atoms with Gasteiger partial charge in [-0.05, 0) is 62.4 Å². The Hall–Kier alpha value is -1.14. The lowest BCUT2D eigenvalue weighted by molar-refractivity contribution is 0.0953. The van der Waals surface area contributed by atoms with E-state index < -0.39 is 0 Å². The molecule has 0 bridgehead atoms. The Labute approximate surface area is 129 Å². The predicted octanol–water partition coefficient (Wildman–Crippen LogP) is 2.35. The summed E-state index contributed by atoms with van der Waals surface area (Å²) >= 11 is 3.35. The van der Waals surface area contributed by atoms with Crippen molar-refractivity contribution in [2.45, 2.75) is 19.8 Å². The third-order valence-electron chi connectivity index (χ3n) is 2.76. The minimum atomic E-state index is -0.0837. The minimum Gasteiger partial charge on any atom is -0.370 e. The summed E-state index contributed by atoms with van der Waals surface area (Å²) < 4.78 is 0.803. The molecule has 0 saturated carbocycles. The molecule has 0 aliphatic carbocycles. The van der Waals surface area contributed by atoms with Gasteiger partial charge in [-0.25, -0.2) is 4.98 Å². The standard InChI is InChI=1S/C14H23BrN4O/c1-4-16-13-12(9-11(15)10-18-13)14(20)17-7-5-6-8-19(2)3/h9-10H,4-8H2,1-3H3,(H,16,18)(H,17,20). The van der Waals surface area contributed by atoms with Crippen LogP contribution in [0.5, 0.6) is 0 Å². The van der Waals surface area contributed by atoms with Gasteiger partial charge < -0.3 is 15.5 Å². The first-order valence-electron chi connectivity index (χ1n) is 6.87. The molecule has 20 heavy (non-hydrogen) atoms. The van der Waals surface area contributed by atoms with Crippen LogP contribution in [-0.4, -0.2) is 49.5 Å². The Bertz CT molecular complexity index is 437. The molecule has 0 atom stereocenters. The molecule has 0 aliphatic rings. The van der Waals surface area contributed by atoms with Gasteiger partial charge in [-0.15, -0.1) is 0 Å². The summed E-state index contributed by atoms with van der Waals surface area (Å²) in [7, 11) is 4.10. The van der Waals surface area contributed by atoms with E-state index in [1.54, 1.807) is 12.3 Å². The van der Waals surface area contributed by atoms with Crippen LogP contribution in [0.25, 0.3) is 0 Å². The number of aromatic nitrogens is 1. The minimum absolute atomic E-state index is 0.0837. The Morgan fingerprint density at radius 1 is 1.40 bits per heavy atom. The average molecular weight is 343 g/mol. The van der Waals surface area contributed by atoms with Crippen molar-refractivity contribution in [1.82, 2.24) is 15.2 Å². The third-order valence-corrected chi connectivity index (χ3v) is 3.19. The normalized spacial score (nSPS) is 10.7. The zero-order chi connectivity index (χ0) is 15.0. The molecule has 1 rings (SSSR count). The van der Waals surface area contributed by atoms with E-state index in [2.05, 4.69) is 50.5 Å². The fourth-order valence-electron chi connectivity index (χ4n) is 1.77. The third kappa shape index (κ3) is 5.88. The molecule has 0 radical (unpaired) electrons. The predicted molar refractivity (Wildman–Crippen MR) is 86.2 cm³/mol. The summed E-state index contributed by atoms with van der Waals surface area (Å²) in [6.07, 6.45) is 3.73. The number of carbonyl (C=O) groups excluding carboxylic acids is 1. The van der Waals surface area contributed by atoms with Crippen molar-refractivity contribution in [3.8, 4) is 0 Å². The van der Waals surface area contributed by atoms with Gasteiger partial charge in [-0.1, -0.05) is 0 Å². The van der Waals surface area contributed by atoms with Crippen molar-refractivity contribution in [2.24, 2.45) is 0 Å². The number of amides is 1. The highest BCUT2D eigenvalue weighted by Gasteiger charge is 2.12. The first kappa shape index (κ1) is 16.9. The topological polar surface area (TPSA) is 57.3 Å². The molecule has 0 saturated heterocycles. The Kier molecular flexibility index (Phi) is 7.54. The molecule has 1 heterocycles. The second-order valence-electron chi connectivity index (χ2n) is 4.85. The number of unbranched alkanes of at least 4 members (excludes halogenated alkanes) is 1. The second-order valence-corrected chi connectivity index (χ2v) is 5.76. The fourth-order valence-corrected chi connectivity index (χ4v) is 2.10. The van der Waals surface area contributed by atoms with Gasteiger partial charge in [-0.2, -0.15) is 0 Å². The number of rotatable bonds is 8. The number of anilines is 1. The van der Waals surface area contributed by atoms with Gasteiger partial charge in [0.25, 0.3) is 5.91 Å². The van der Waals surface area contributed by atoms with Crippen molar-refractivity contribution in [1.29, 1.82) is 0 Å². The van der Waals surface area contributed by atoms with Crippen LogP contribution < -0.4 is 10.6 Å². The molecule has 0 spiro atoms. The zero-order valence-corrected chi connectivity index (χ0v) is 14.0. The summed E-state index contributed by atoms with van der Waals surface area (Å²) in [5.74, 6) is 0.543. The highest BCUT2D eigenvalue weighted by atomic mass is 79.9. The summed E-state index contributed by atoms with van der Waals surface area (Å²) in [5, 5.41) is 6.04. The van der Waals surface area contributed by atoms with Crippen molar-refractivity contribution in [3.63, 3.8) is 0 Å². The first-order chi connectivity index (χ1) is 9.54. The average Bonchev–Trinajstić information content (AvgIpc) is 2.40. The molecule has 0 fully saturated rings. The quantitative estimate of drug-likeness (QED) is 0.712. The molecule has 2 N–H and O–H groups in total. The van der Waals surface area contributed by atoms with Crippen molar-refractivity contribution < 1.29 is 4.79 Å². The summed E-state index contributed by atoms with van der Waals surface area (Å²) in [6.45, 7) is 4.44. The molecule has 1 amide bonds. The Balaban J connectivity index is 2.52. The van der Waals surface area contributed by atoms with E-state index in [0.29, 0.717) is 17.9 Å². The maximum Gasteiger partial charge on any atom is 0.255 e. The van der Waals surface area contributed by atoms with Gasteiger partial charge in [0.2, 0.25) is 0 Å². The van der Waals surface area contributed by atoms with E-state index in [0.717, 1.165) is 30.4 Å². The highest BCUT2D eigenvalue weighted by Crippen LogP contribution is 2.17. The van der Waals surface area contributed by atoms with E-state index in [-0.39, 0.29) is 5.91 Å². The lowest BCUT2D eigenvalue weighted by atomic mass is 10.2. The SMILES string of the molecule is CCNc1ncc(Br)cc1C(=O)NCCCCN(C)C. The number of nitrogens with one attached hydrogen (secondary N) is 2. The number of hydrogen-bond acceptors (Lipinski definition) is 4. The van der Waals surface area contributed by atoms with E-state index in [9.17, 15) is 4.79 Å².